The maximum absolute atomic E-state index is 13.1. The van der Waals surface area contributed by atoms with Crippen molar-refractivity contribution in [3.05, 3.63) is 65.4 Å². The number of nitrogens with one attached hydrogen (secondary N) is 1. The average Bonchev–Trinajstić information content (AvgIpc) is 2.89. The first-order valence-electron chi connectivity index (χ1n) is 8.21. The van der Waals surface area contributed by atoms with Crippen molar-refractivity contribution in [1.82, 2.24) is 4.98 Å². The summed E-state index contributed by atoms with van der Waals surface area (Å²) in [5.74, 6) is -0.575. The SMILES string of the molecule is Cc1[nH]c2ccc(C(=O)N(CCC(N)=O)c3ccccc3)cc2c1C. The Hall–Kier alpha value is -3.08. The van der Waals surface area contributed by atoms with Gasteiger partial charge in [-0.15, -0.1) is 0 Å². The highest BCUT2D eigenvalue weighted by Gasteiger charge is 2.19. The van der Waals surface area contributed by atoms with Gasteiger partial charge in [-0.25, -0.2) is 0 Å². The Bertz CT molecular complexity index is 929. The van der Waals surface area contributed by atoms with Crippen LogP contribution in [0.2, 0.25) is 0 Å². The first-order chi connectivity index (χ1) is 12.0. The molecule has 0 aliphatic carbocycles. The lowest BCUT2D eigenvalue weighted by Crippen LogP contribution is -2.34. The molecule has 0 atom stereocenters. The monoisotopic (exact) mass is 335 g/mol. The number of benzene rings is 2. The molecule has 0 bridgehead atoms. The molecule has 3 rings (SSSR count). The number of carbonyl (C=O) groups excluding carboxylic acids is 2. The predicted molar refractivity (Wildman–Crippen MR) is 99.7 cm³/mol. The number of primary amides is 1. The lowest BCUT2D eigenvalue weighted by atomic mass is 10.1. The van der Waals surface area contributed by atoms with E-state index in [9.17, 15) is 9.59 Å². The summed E-state index contributed by atoms with van der Waals surface area (Å²) in [4.78, 5) is 29.2. The number of fused-ring (bicyclic) bond motifs is 1. The number of para-hydroxylation sites is 1. The van der Waals surface area contributed by atoms with Crippen LogP contribution in [0.4, 0.5) is 5.69 Å². The number of hydrogen-bond acceptors (Lipinski definition) is 2. The number of H-pyrrole nitrogens is 1. The second-order valence-electron chi connectivity index (χ2n) is 6.14. The third-order valence-corrected chi connectivity index (χ3v) is 4.45. The zero-order valence-electron chi connectivity index (χ0n) is 14.4. The second-order valence-corrected chi connectivity index (χ2v) is 6.14. The maximum atomic E-state index is 13.1. The Kier molecular flexibility index (Phi) is 4.57. The van der Waals surface area contributed by atoms with Crippen molar-refractivity contribution >= 4 is 28.4 Å². The van der Waals surface area contributed by atoms with Crippen molar-refractivity contribution in [1.29, 1.82) is 0 Å². The number of anilines is 1. The van der Waals surface area contributed by atoms with Gasteiger partial charge >= 0.3 is 0 Å². The average molecular weight is 335 g/mol. The molecule has 3 aromatic rings. The van der Waals surface area contributed by atoms with Gasteiger partial charge in [0.15, 0.2) is 0 Å². The maximum Gasteiger partial charge on any atom is 0.258 e. The van der Waals surface area contributed by atoms with E-state index in [0.717, 1.165) is 27.8 Å². The van der Waals surface area contributed by atoms with E-state index in [4.69, 9.17) is 5.73 Å². The molecule has 2 amide bonds. The Labute approximate surface area is 146 Å². The molecule has 2 aromatic carbocycles. The van der Waals surface area contributed by atoms with Crippen molar-refractivity contribution in [2.75, 3.05) is 11.4 Å². The van der Waals surface area contributed by atoms with E-state index in [1.807, 2.05) is 56.3 Å². The molecule has 0 aliphatic heterocycles. The third kappa shape index (κ3) is 3.40. The number of carbonyl (C=O) groups is 2. The molecular formula is C20H21N3O2. The van der Waals surface area contributed by atoms with Gasteiger partial charge in [-0.1, -0.05) is 18.2 Å². The molecule has 128 valence electrons. The van der Waals surface area contributed by atoms with Gasteiger partial charge in [0.05, 0.1) is 0 Å². The van der Waals surface area contributed by atoms with Crippen molar-refractivity contribution in [2.45, 2.75) is 20.3 Å². The van der Waals surface area contributed by atoms with E-state index >= 15 is 0 Å². The lowest BCUT2D eigenvalue weighted by Gasteiger charge is -2.22. The molecule has 5 nitrogen and oxygen atoms in total. The normalized spacial score (nSPS) is 10.8. The van der Waals surface area contributed by atoms with Crippen LogP contribution in [0.25, 0.3) is 10.9 Å². The van der Waals surface area contributed by atoms with Gasteiger partial charge in [-0.05, 0) is 49.7 Å². The fraction of sp³-hybridized carbons (Fsp3) is 0.200. The summed E-state index contributed by atoms with van der Waals surface area (Å²) in [5.41, 5.74) is 9.84. The van der Waals surface area contributed by atoms with Gasteiger partial charge in [-0.3, -0.25) is 9.59 Å². The van der Waals surface area contributed by atoms with Crippen molar-refractivity contribution < 1.29 is 9.59 Å². The standard InChI is InChI=1S/C20H21N3O2/c1-13-14(2)22-18-9-8-15(12-17(13)18)20(25)23(11-10-19(21)24)16-6-4-3-5-7-16/h3-9,12,22H,10-11H2,1-2H3,(H2,21,24). The Morgan fingerprint density at radius 1 is 1.08 bits per heavy atom. The molecule has 1 heterocycles. The second kappa shape index (κ2) is 6.81. The molecular weight excluding hydrogens is 314 g/mol. The lowest BCUT2D eigenvalue weighted by molar-refractivity contribution is -0.117. The molecule has 0 unspecified atom stereocenters. The fourth-order valence-electron chi connectivity index (χ4n) is 2.93. The van der Waals surface area contributed by atoms with Crippen LogP contribution in [0.15, 0.2) is 48.5 Å². The van der Waals surface area contributed by atoms with Gasteiger partial charge in [0.25, 0.3) is 5.91 Å². The van der Waals surface area contributed by atoms with Crippen LogP contribution >= 0.6 is 0 Å². The van der Waals surface area contributed by atoms with Crippen molar-refractivity contribution in [3.8, 4) is 0 Å². The molecule has 0 aliphatic rings. The minimum absolute atomic E-state index is 0.116. The molecule has 5 heteroatoms. The van der Waals surface area contributed by atoms with Crippen LogP contribution in [-0.2, 0) is 4.79 Å². The van der Waals surface area contributed by atoms with Gasteiger partial charge in [0.2, 0.25) is 5.91 Å². The van der Waals surface area contributed by atoms with Crippen LogP contribution in [0.1, 0.15) is 28.0 Å². The highest BCUT2D eigenvalue weighted by molar-refractivity contribution is 6.08. The predicted octanol–water partition coefficient (Wildman–Crippen LogP) is 3.31. The van der Waals surface area contributed by atoms with E-state index in [0.29, 0.717) is 5.56 Å². The van der Waals surface area contributed by atoms with E-state index < -0.39 is 5.91 Å². The van der Waals surface area contributed by atoms with Gasteiger partial charge in [-0.2, -0.15) is 0 Å². The van der Waals surface area contributed by atoms with Crippen LogP contribution in [0.5, 0.6) is 0 Å². The number of rotatable bonds is 5. The number of aryl methyl sites for hydroxylation is 2. The minimum Gasteiger partial charge on any atom is -0.370 e. The van der Waals surface area contributed by atoms with Crippen LogP contribution in [-0.4, -0.2) is 23.3 Å². The summed E-state index contributed by atoms with van der Waals surface area (Å²) in [5, 5.41) is 1.03. The number of aromatic amines is 1. The Balaban J connectivity index is 1.99. The summed E-state index contributed by atoms with van der Waals surface area (Å²) < 4.78 is 0. The number of nitrogens with zero attached hydrogens (tertiary/aromatic N) is 1. The van der Waals surface area contributed by atoms with Crippen LogP contribution < -0.4 is 10.6 Å². The van der Waals surface area contributed by atoms with Gasteiger partial charge in [0.1, 0.15) is 0 Å². The summed E-state index contributed by atoms with van der Waals surface area (Å²) in [6.45, 7) is 4.30. The van der Waals surface area contributed by atoms with Crippen LogP contribution in [0.3, 0.4) is 0 Å². The zero-order chi connectivity index (χ0) is 18.0. The summed E-state index contributed by atoms with van der Waals surface area (Å²) >= 11 is 0. The molecule has 0 saturated carbocycles. The number of aromatic nitrogens is 1. The largest absolute Gasteiger partial charge is 0.370 e. The first-order valence-corrected chi connectivity index (χ1v) is 8.21. The summed E-state index contributed by atoms with van der Waals surface area (Å²) in [6, 6.07) is 14.9. The third-order valence-electron chi connectivity index (χ3n) is 4.45. The van der Waals surface area contributed by atoms with E-state index in [1.54, 1.807) is 11.0 Å². The molecule has 0 radical (unpaired) electrons. The summed E-state index contributed by atoms with van der Waals surface area (Å²) in [7, 11) is 0. The highest BCUT2D eigenvalue weighted by atomic mass is 16.2. The molecule has 0 fully saturated rings. The quantitative estimate of drug-likeness (QED) is 0.750. The minimum atomic E-state index is -0.429. The van der Waals surface area contributed by atoms with E-state index in [2.05, 4.69) is 4.98 Å². The number of nitrogens with two attached hydrogens (primary N) is 1. The number of amides is 2. The molecule has 25 heavy (non-hydrogen) atoms. The zero-order valence-corrected chi connectivity index (χ0v) is 14.4. The highest BCUT2D eigenvalue weighted by Crippen LogP contribution is 2.24. The topological polar surface area (TPSA) is 79.2 Å². The Morgan fingerprint density at radius 3 is 2.48 bits per heavy atom. The first kappa shape index (κ1) is 16.8. The van der Waals surface area contributed by atoms with Gasteiger partial charge in [0, 0.05) is 40.8 Å². The molecule has 1 aromatic heterocycles. The number of hydrogen-bond donors (Lipinski definition) is 2. The van der Waals surface area contributed by atoms with Crippen molar-refractivity contribution in [2.24, 2.45) is 5.73 Å². The molecule has 0 saturated heterocycles. The van der Waals surface area contributed by atoms with E-state index in [1.165, 1.54) is 0 Å². The fourth-order valence-corrected chi connectivity index (χ4v) is 2.93. The van der Waals surface area contributed by atoms with Crippen molar-refractivity contribution in [3.63, 3.8) is 0 Å². The summed E-state index contributed by atoms with van der Waals surface area (Å²) in [6.07, 6.45) is 0.116. The smallest absolute Gasteiger partial charge is 0.258 e. The van der Waals surface area contributed by atoms with Crippen LogP contribution in [0, 0.1) is 13.8 Å². The van der Waals surface area contributed by atoms with E-state index in [-0.39, 0.29) is 18.9 Å². The Morgan fingerprint density at radius 2 is 1.80 bits per heavy atom. The molecule has 0 spiro atoms. The molecule has 3 N–H and O–H groups in total. The van der Waals surface area contributed by atoms with Gasteiger partial charge < -0.3 is 15.6 Å².